The first-order valence-electron chi connectivity index (χ1n) is 6.41. The summed E-state index contributed by atoms with van der Waals surface area (Å²) in [5.41, 5.74) is -3.78. The minimum Gasteiger partial charge on any atom is -0.394 e. The van der Waals surface area contributed by atoms with Crippen molar-refractivity contribution < 1.29 is 18.3 Å². The first-order chi connectivity index (χ1) is 9.51. The van der Waals surface area contributed by atoms with Crippen molar-refractivity contribution in [2.24, 2.45) is 0 Å². The second kappa shape index (κ2) is 8.24. The van der Waals surface area contributed by atoms with Gasteiger partial charge in [0.05, 0.1) is 12.6 Å². The number of thioether (sulfide) groups is 1. The maximum absolute atomic E-state index is 12.6. The molecule has 8 heteroatoms. The molecule has 1 saturated heterocycles. The van der Waals surface area contributed by atoms with Crippen molar-refractivity contribution in [3.8, 4) is 0 Å². The number of rotatable bonds is 4. The van der Waals surface area contributed by atoms with Crippen molar-refractivity contribution >= 4 is 24.2 Å². The lowest BCUT2D eigenvalue weighted by Gasteiger charge is -2.35. The molecule has 1 aromatic carbocycles. The molecule has 0 aliphatic carbocycles. The molecule has 0 saturated carbocycles. The molecule has 2 N–H and O–H groups in total. The number of hydrogen-bond donors (Lipinski definition) is 2. The Morgan fingerprint density at radius 2 is 1.86 bits per heavy atom. The van der Waals surface area contributed by atoms with Crippen LogP contribution in [0.25, 0.3) is 0 Å². The lowest BCUT2D eigenvalue weighted by atomic mass is 10.1. The molecule has 1 fully saturated rings. The number of aliphatic hydroxyl groups excluding tert-OH is 1. The highest BCUT2D eigenvalue weighted by Crippen LogP contribution is 2.40. The maximum atomic E-state index is 12.6. The van der Waals surface area contributed by atoms with Crippen molar-refractivity contribution in [1.82, 2.24) is 10.2 Å². The van der Waals surface area contributed by atoms with Crippen LogP contribution in [0.5, 0.6) is 0 Å². The molecule has 1 aliphatic rings. The van der Waals surface area contributed by atoms with Gasteiger partial charge in [0, 0.05) is 31.1 Å². The summed E-state index contributed by atoms with van der Waals surface area (Å²) in [6, 6.07) is 6.03. The Morgan fingerprint density at radius 3 is 2.43 bits per heavy atom. The second-order valence-corrected chi connectivity index (χ2v) is 5.68. The van der Waals surface area contributed by atoms with Crippen LogP contribution in [-0.4, -0.2) is 48.3 Å². The predicted molar refractivity (Wildman–Crippen MR) is 79.9 cm³/mol. The van der Waals surface area contributed by atoms with E-state index in [4.69, 9.17) is 0 Å². The third-order valence-electron chi connectivity index (χ3n) is 3.27. The highest BCUT2D eigenvalue weighted by atomic mass is 35.5. The lowest BCUT2D eigenvalue weighted by Crippen LogP contribution is -2.46. The molecular formula is C13H18ClF3N2OS. The number of halogens is 4. The van der Waals surface area contributed by atoms with Gasteiger partial charge in [0.15, 0.2) is 0 Å². The SMILES string of the molecule is Cl.OC[C@@H](c1ccccc1SC(F)(F)F)N1CCNCC1. The average molecular weight is 343 g/mol. The monoisotopic (exact) mass is 342 g/mol. The maximum Gasteiger partial charge on any atom is 0.446 e. The van der Waals surface area contributed by atoms with Crippen LogP contribution in [0.15, 0.2) is 29.2 Å². The van der Waals surface area contributed by atoms with Crippen LogP contribution >= 0.6 is 24.2 Å². The lowest BCUT2D eigenvalue weighted by molar-refractivity contribution is -0.0329. The highest BCUT2D eigenvalue weighted by Gasteiger charge is 2.32. The molecule has 2 rings (SSSR count). The summed E-state index contributed by atoms with van der Waals surface area (Å²) in [7, 11) is 0. The van der Waals surface area contributed by atoms with Gasteiger partial charge < -0.3 is 10.4 Å². The van der Waals surface area contributed by atoms with Crippen LogP contribution in [0.2, 0.25) is 0 Å². The minimum atomic E-state index is -4.32. The minimum absolute atomic E-state index is 0. The van der Waals surface area contributed by atoms with Crippen LogP contribution in [0.3, 0.4) is 0 Å². The molecule has 0 spiro atoms. The van der Waals surface area contributed by atoms with Crippen molar-refractivity contribution in [2.45, 2.75) is 16.4 Å². The summed E-state index contributed by atoms with van der Waals surface area (Å²) >= 11 is -0.118. The molecule has 1 atom stereocenters. The zero-order valence-electron chi connectivity index (χ0n) is 11.3. The number of nitrogens with zero attached hydrogens (tertiary/aromatic N) is 1. The summed E-state index contributed by atoms with van der Waals surface area (Å²) in [5.74, 6) is 0. The summed E-state index contributed by atoms with van der Waals surface area (Å²) < 4.78 is 37.8. The van der Waals surface area contributed by atoms with Gasteiger partial charge in [-0.15, -0.1) is 12.4 Å². The molecule has 0 amide bonds. The number of benzene rings is 1. The molecule has 0 radical (unpaired) electrons. The predicted octanol–water partition coefficient (Wildman–Crippen LogP) is 2.66. The van der Waals surface area contributed by atoms with E-state index in [2.05, 4.69) is 5.32 Å². The Balaban J connectivity index is 0.00000220. The molecule has 0 unspecified atom stereocenters. The van der Waals surface area contributed by atoms with Gasteiger partial charge in [0.25, 0.3) is 0 Å². The van der Waals surface area contributed by atoms with Crippen LogP contribution in [0, 0.1) is 0 Å². The van der Waals surface area contributed by atoms with E-state index >= 15 is 0 Å². The smallest absolute Gasteiger partial charge is 0.394 e. The van der Waals surface area contributed by atoms with Crippen LogP contribution < -0.4 is 5.32 Å². The Hall–Kier alpha value is -0.470. The first kappa shape index (κ1) is 18.6. The van der Waals surface area contributed by atoms with Gasteiger partial charge in [-0.1, -0.05) is 18.2 Å². The van der Waals surface area contributed by atoms with Gasteiger partial charge in [0.2, 0.25) is 0 Å². The summed E-state index contributed by atoms with van der Waals surface area (Å²) in [5, 5.41) is 12.8. The third kappa shape index (κ3) is 5.34. The largest absolute Gasteiger partial charge is 0.446 e. The van der Waals surface area contributed by atoms with E-state index < -0.39 is 5.51 Å². The number of nitrogens with one attached hydrogen (secondary N) is 1. The van der Waals surface area contributed by atoms with Crippen molar-refractivity contribution in [1.29, 1.82) is 0 Å². The van der Waals surface area contributed by atoms with E-state index in [1.807, 2.05) is 4.90 Å². The fraction of sp³-hybridized carbons (Fsp3) is 0.538. The van der Waals surface area contributed by atoms with Crippen LogP contribution in [0.1, 0.15) is 11.6 Å². The van der Waals surface area contributed by atoms with E-state index in [0.717, 1.165) is 26.2 Å². The second-order valence-electron chi connectivity index (χ2n) is 4.57. The normalized spacial score (nSPS) is 18.1. The molecule has 0 bridgehead atoms. The number of alkyl halides is 3. The average Bonchev–Trinajstić information content (AvgIpc) is 2.41. The van der Waals surface area contributed by atoms with Gasteiger partial charge in [-0.05, 0) is 23.4 Å². The molecule has 120 valence electrons. The fourth-order valence-corrected chi connectivity index (χ4v) is 3.10. The number of aliphatic hydroxyl groups is 1. The van der Waals surface area contributed by atoms with E-state index in [1.54, 1.807) is 18.2 Å². The summed E-state index contributed by atoms with van der Waals surface area (Å²) in [6.07, 6.45) is 0. The van der Waals surface area contributed by atoms with Crippen LogP contribution in [-0.2, 0) is 0 Å². The van der Waals surface area contributed by atoms with Crippen molar-refractivity contribution in [3.63, 3.8) is 0 Å². The number of piperazine rings is 1. The molecular weight excluding hydrogens is 325 g/mol. The molecule has 1 aromatic rings. The molecule has 21 heavy (non-hydrogen) atoms. The Labute approximate surface area is 132 Å². The zero-order chi connectivity index (χ0) is 14.6. The number of hydrogen-bond acceptors (Lipinski definition) is 4. The van der Waals surface area contributed by atoms with Crippen LogP contribution in [0.4, 0.5) is 13.2 Å². The van der Waals surface area contributed by atoms with Gasteiger partial charge >= 0.3 is 5.51 Å². The topological polar surface area (TPSA) is 35.5 Å². The molecule has 1 aliphatic heterocycles. The standard InChI is InChI=1S/C13H17F3N2OS.ClH/c14-13(15,16)20-12-4-2-1-3-10(12)11(9-19)18-7-5-17-6-8-18;/h1-4,11,17,19H,5-9H2;1H/t11-;/m0./s1. The van der Waals surface area contributed by atoms with Gasteiger partial charge in [-0.25, -0.2) is 0 Å². The Bertz CT molecular complexity index is 442. The zero-order valence-corrected chi connectivity index (χ0v) is 12.9. The summed E-state index contributed by atoms with van der Waals surface area (Å²) in [6.45, 7) is 2.82. The van der Waals surface area contributed by atoms with Crippen molar-refractivity contribution in [3.05, 3.63) is 29.8 Å². The fourth-order valence-electron chi connectivity index (χ4n) is 2.38. The highest BCUT2D eigenvalue weighted by molar-refractivity contribution is 8.00. The third-order valence-corrected chi connectivity index (χ3v) is 4.09. The molecule has 3 nitrogen and oxygen atoms in total. The Kier molecular flexibility index (Phi) is 7.29. The molecule has 0 aromatic heterocycles. The van der Waals surface area contributed by atoms with Gasteiger partial charge in [-0.2, -0.15) is 13.2 Å². The van der Waals surface area contributed by atoms with E-state index in [-0.39, 0.29) is 41.7 Å². The summed E-state index contributed by atoms with van der Waals surface area (Å²) in [4.78, 5) is 2.18. The molecule has 1 heterocycles. The first-order valence-corrected chi connectivity index (χ1v) is 7.23. The van der Waals surface area contributed by atoms with E-state index in [0.29, 0.717) is 5.56 Å². The van der Waals surface area contributed by atoms with Crippen molar-refractivity contribution in [2.75, 3.05) is 32.8 Å². The van der Waals surface area contributed by atoms with E-state index in [1.165, 1.54) is 6.07 Å². The van der Waals surface area contributed by atoms with Gasteiger partial charge in [0.1, 0.15) is 0 Å². The van der Waals surface area contributed by atoms with E-state index in [9.17, 15) is 18.3 Å². The Morgan fingerprint density at radius 1 is 1.24 bits per heavy atom. The quantitative estimate of drug-likeness (QED) is 0.825. The van der Waals surface area contributed by atoms with Gasteiger partial charge in [-0.3, -0.25) is 4.90 Å².